The molecule has 0 aliphatic heterocycles. The molecule has 0 saturated heterocycles. The first-order valence-electron chi connectivity index (χ1n) is 5.29. The molecule has 2 rings (SSSR count). The van der Waals surface area contributed by atoms with Gasteiger partial charge < -0.3 is 14.4 Å². The Labute approximate surface area is 97.5 Å². The van der Waals surface area contributed by atoms with E-state index in [1.807, 2.05) is 6.92 Å². The molecular formula is C10H13N5O2. The lowest BCUT2D eigenvalue weighted by atomic mass is 10.5. The predicted octanol–water partition coefficient (Wildman–Crippen LogP) is 0.567. The maximum atomic E-state index is 11.8. The molecular weight excluding hydrogens is 222 g/mol. The number of hydrogen-bond donors (Lipinski definition) is 1. The highest BCUT2D eigenvalue weighted by Gasteiger charge is 2.06. The third kappa shape index (κ3) is 2.49. The van der Waals surface area contributed by atoms with E-state index < -0.39 is 0 Å². The smallest absolute Gasteiger partial charge is 0.293 e. The SMILES string of the molecule is CCn1ccnc(NCc2nc(C)no2)c1=O. The molecule has 0 spiro atoms. The maximum Gasteiger partial charge on any atom is 0.293 e. The summed E-state index contributed by atoms with van der Waals surface area (Å²) in [7, 11) is 0. The third-order valence-electron chi connectivity index (χ3n) is 2.23. The molecule has 0 atom stereocenters. The molecule has 0 unspecified atom stereocenters. The summed E-state index contributed by atoms with van der Waals surface area (Å²) in [6.07, 6.45) is 3.22. The molecule has 7 heteroatoms. The van der Waals surface area contributed by atoms with Crippen LogP contribution in [0.15, 0.2) is 21.7 Å². The van der Waals surface area contributed by atoms with E-state index >= 15 is 0 Å². The maximum absolute atomic E-state index is 11.8. The van der Waals surface area contributed by atoms with Crippen molar-refractivity contribution in [2.45, 2.75) is 26.9 Å². The number of nitrogens with one attached hydrogen (secondary N) is 1. The van der Waals surface area contributed by atoms with Crippen molar-refractivity contribution < 1.29 is 4.52 Å². The molecule has 2 aromatic heterocycles. The lowest BCUT2D eigenvalue weighted by Gasteiger charge is -2.04. The highest BCUT2D eigenvalue weighted by atomic mass is 16.5. The van der Waals surface area contributed by atoms with Crippen molar-refractivity contribution in [2.24, 2.45) is 0 Å². The van der Waals surface area contributed by atoms with Crippen LogP contribution in [-0.2, 0) is 13.1 Å². The van der Waals surface area contributed by atoms with Crippen molar-refractivity contribution in [3.63, 3.8) is 0 Å². The van der Waals surface area contributed by atoms with Gasteiger partial charge in [0, 0.05) is 18.9 Å². The first-order chi connectivity index (χ1) is 8.20. The summed E-state index contributed by atoms with van der Waals surface area (Å²) in [6, 6.07) is 0. The molecule has 2 heterocycles. The first-order valence-corrected chi connectivity index (χ1v) is 5.29. The van der Waals surface area contributed by atoms with Gasteiger partial charge in [-0.2, -0.15) is 4.98 Å². The van der Waals surface area contributed by atoms with Crippen LogP contribution in [0.3, 0.4) is 0 Å². The first kappa shape index (κ1) is 11.3. The standard InChI is InChI=1S/C10H13N5O2/c1-3-15-5-4-11-9(10(15)16)12-6-8-13-7(2)14-17-8/h4-5H,3,6H2,1-2H3,(H,11,12). The second kappa shape index (κ2) is 4.77. The highest BCUT2D eigenvalue weighted by Crippen LogP contribution is 1.99. The van der Waals surface area contributed by atoms with E-state index in [2.05, 4.69) is 20.4 Å². The summed E-state index contributed by atoms with van der Waals surface area (Å²) in [5, 5.41) is 6.53. The number of rotatable bonds is 4. The zero-order valence-corrected chi connectivity index (χ0v) is 9.67. The minimum atomic E-state index is -0.161. The summed E-state index contributed by atoms with van der Waals surface area (Å²) >= 11 is 0. The average molecular weight is 235 g/mol. The predicted molar refractivity (Wildman–Crippen MR) is 60.5 cm³/mol. The molecule has 0 saturated carbocycles. The second-order valence-electron chi connectivity index (χ2n) is 3.46. The number of aryl methyl sites for hydroxylation is 2. The molecule has 0 amide bonds. The fourth-order valence-electron chi connectivity index (χ4n) is 1.39. The van der Waals surface area contributed by atoms with Crippen molar-refractivity contribution in [2.75, 3.05) is 5.32 Å². The van der Waals surface area contributed by atoms with E-state index in [0.717, 1.165) is 0 Å². The normalized spacial score (nSPS) is 10.5. The van der Waals surface area contributed by atoms with Gasteiger partial charge >= 0.3 is 0 Å². The Balaban J connectivity index is 2.11. The van der Waals surface area contributed by atoms with Gasteiger partial charge in [-0.15, -0.1) is 0 Å². The number of aromatic nitrogens is 4. The Hall–Kier alpha value is -2.18. The van der Waals surface area contributed by atoms with E-state index in [0.29, 0.717) is 18.3 Å². The van der Waals surface area contributed by atoms with Crippen LogP contribution in [0.1, 0.15) is 18.6 Å². The molecule has 90 valence electrons. The third-order valence-corrected chi connectivity index (χ3v) is 2.23. The molecule has 0 aromatic carbocycles. The summed E-state index contributed by atoms with van der Waals surface area (Å²) in [5.41, 5.74) is -0.161. The monoisotopic (exact) mass is 235 g/mol. The molecule has 2 aromatic rings. The highest BCUT2D eigenvalue weighted by molar-refractivity contribution is 5.30. The quantitative estimate of drug-likeness (QED) is 0.833. The fourth-order valence-corrected chi connectivity index (χ4v) is 1.39. The van der Waals surface area contributed by atoms with Gasteiger partial charge in [-0.05, 0) is 13.8 Å². The van der Waals surface area contributed by atoms with Crippen LogP contribution in [0.5, 0.6) is 0 Å². The molecule has 17 heavy (non-hydrogen) atoms. The van der Waals surface area contributed by atoms with Crippen LogP contribution in [0, 0.1) is 6.92 Å². The van der Waals surface area contributed by atoms with Crippen LogP contribution >= 0.6 is 0 Å². The lowest BCUT2D eigenvalue weighted by molar-refractivity contribution is 0.379. The van der Waals surface area contributed by atoms with Gasteiger partial charge in [0.1, 0.15) is 0 Å². The van der Waals surface area contributed by atoms with Gasteiger partial charge in [0.05, 0.1) is 6.54 Å². The van der Waals surface area contributed by atoms with Gasteiger partial charge in [0.15, 0.2) is 11.6 Å². The molecule has 0 aliphatic carbocycles. The van der Waals surface area contributed by atoms with E-state index in [9.17, 15) is 4.79 Å². The van der Waals surface area contributed by atoms with Crippen LogP contribution in [0.4, 0.5) is 5.82 Å². The van der Waals surface area contributed by atoms with E-state index in [-0.39, 0.29) is 17.9 Å². The van der Waals surface area contributed by atoms with Crippen LogP contribution < -0.4 is 10.9 Å². The van der Waals surface area contributed by atoms with Gasteiger partial charge in [-0.3, -0.25) is 4.79 Å². The zero-order chi connectivity index (χ0) is 12.3. The Morgan fingerprint density at radius 3 is 3.00 bits per heavy atom. The summed E-state index contributed by atoms with van der Waals surface area (Å²) in [4.78, 5) is 19.8. The second-order valence-corrected chi connectivity index (χ2v) is 3.46. The fraction of sp³-hybridized carbons (Fsp3) is 0.400. The molecule has 0 aliphatic rings. The van der Waals surface area contributed by atoms with Crippen molar-refractivity contribution in [1.29, 1.82) is 0 Å². The van der Waals surface area contributed by atoms with Crippen LogP contribution in [0.25, 0.3) is 0 Å². The lowest BCUT2D eigenvalue weighted by Crippen LogP contribution is -2.23. The van der Waals surface area contributed by atoms with Gasteiger partial charge in [-0.25, -0.2) is 4.98 Å². The topological polar surface area (TPSA) is 85.8 Å². The average Bonchev–Trinajstić information content (AvgIpc) is 2.74. The van der Waals surface area contributed by atoms with Crippen molar-refractivity contribution in [1.82, 2.24) is 19.7 Å². The van der Waals surface area contributed by atoms with Crippen LogP contribution in [0.2, 0.25) is 0 Å². The molecule has 1 N–H and O–H groups in total. The summed E-state index contributed by atoms with van der Waals surface area (Å²) in [5.74, 6) is 1.27. The zero-order valence-electron chi connectivity index (χ0n) is 9.67. The largest absolute Gasteiger partial charge is 0.356 e. The number of nitrogens with zero attached hydrogens (tertiary/aromatic N) is 4. The van der Waals surface area contributed by atoms with Crippen molar-refractivity contribution in [3.05, 3.63) is 34.5 Å². The summed E-state index contributed by atoms with van der Waals surface area (Å²) in [6.45, 7) is 4.52. The Morgan fingerprint density at radius 1 is 1.53 bits per heavy atom. The Bertz CT molecular complexity index is 560. The van der Waals surface area contributed by atoms with E-state index in [4.69, 9.17) is 4.52 Å². The van der Waals surface area contributed by atoms with Crippen LogP contribution in [-0.4, -0.2) is 19.7 Å². The van der Waals surface area contributed by atoms with Crippen molar-refractivity contribution >= 4 is 5.82 Å². The number of hydrogen-bond acceptors (Lipinski definition) is 6. The van der Waals surface area contributed by atoms with Crippen molar-refractivity contribution in [3.8, 4) is 0 Å². The molecule has 7 nitrogen and oxygen atoms in total. The number of anilines is 1. The van der Waals surface area contributed by atoms with Gasteiger partial charge in [0.25, 0.3) is 5.56 Å². The minimum absolute atomic E-state index is 0.161. The minimum Gasteiger partial charge on any atom is -0.356 e. The molecule has 0 radical (unpaired) electrons. The van der Waals surface area contributed by atoms with Gasteiger partial charge in [-0.1, -0.05) is 5.16 Å². The molecule has 0 bridgehead atoms. The van der Waals surface area contributed by atoms with E-state index in [1.54, 1.807) is 23.9 Å². The van der Waals surface area contributed by atoms with E-state index in [1.165, 1.54) is 0 Å². The van der Waals surface area contributed by atoms with Gasteiger partial charge in [0.2, 0.25) is 5.89 Å². The Kier molecular flexibility index (Phi) is 3.17. The molecule has 0 fully saturated rings. The summed E-state index contributed by atoms with van der Waals surface area (Å²) < 4.78 is 6.49. The Morgan fingerprint density at radius 2 is 2.35 bits per heavy atom.